The highest BCUT2D eigenvalue weighted by Gasteiger charge is 2.43. The first-order chi connectivity index (χ1) is 18.2. The summed E-state index contributed by atoms with van der Waals surface area (Å²) in [5.41, 5.74) is -3.28. The maximum atomic E-state index is 14.0. The second-order valence-electron chi connectivity index (χ2n) is 11.3. The van der Waals surface area contributed by atoms with Crippen molar-refractivity contribution >= 4 is 40.5 Å². The first-order valence-electron chi connectivity index (χ1n) is 12.7. The van der Waals surface area contributed by atoms with Crippen molar-refractivity contribution in [2.24, 2.45) is 11.8 Å². The van der Waals surface area contributed by atoms with Crippen LogP contribution in [0.5, 0.6) is 0 Å². The molecule has 3 aromatic rings. The molecule has 1 aliphatic rings. The Morgan fingerprint density at radius 3 is 2.62 bits per heavy atom. The zero-order valence-corrected chi connectivity index (χ0v) is 24.7. The summed E-state index contributed by atoms with van der Waals surface area (Å²) in [6.45, 7) is 8.53. The van der Waals surface area contributed by atoms with E-state index in [2.05, 4.69) is 46.0 Å². The largest absolute Gasteiger partial charge is 0.423 e. The molecule has 1 aliphatic carbocycles. The highest BCUT2D eigenvalue weighted by Crippen LogP contribution is 2.44. The fourth-order valence-corrected chi connectivity index (χ4v) is 5.73. The molecule has 0 saturated heterocycles. The molecule has 0 amide bonds. The Labute approximate surface area is 232 Å². The number of aromatic nitrogens is 3. The summed E-state index contributed by atoms with van der Waals surface area (Å²) in [4.78, 5) is 25.6. The Kier molecular flexibility index (Phi) is 8.44. The second-order valence-corrected chi connectivity index (χ2v) is 17.8. The van der Waals surface area contributed by atoms with Crippen LogP contribution < -0.4 is 16.4 Å². The predicted octanol–water partition coefficient (Wildman–Crippen LogP) is 5.93. The van der Waals surface area contributed by atoms with E-state index in [1.54, 1.807) is 25.3 Å². The maximum absolute atomic E-state index is 14.0. The van der Waals surface area contributed by atoms with E-state index >= 15 is 0 Å². The number of anilines is 1. The number of pyridine rings is 1. The van der Waals surface area contributed by atoms with Crippen LogP contribution in [0.3, 0.4) is 0 Å². The highest BCUT2D eigenvalue weighted by atomic mass is 79.9. The molecule has 39 heavy (non-hydrogen) atoms. The fourth-order valence-electron chi connectivity index (χ4n) is 4.61. The summed E-state index contributed by atoms with van der Waals surface area (Å²) < 4.78 is 63.6. The number of alkyl halides is 3. The number of rotatable bonds is 10. The van der Waals surface area contributed by atoms with Crippen LogP contribution >= 0.6 is 15.9 Å². The van der Waals surface area contributed by atoms with Crippen molar-refractivity contribution in [2.45, 2.75) is 64.5 Å². The van der Waals surface area contributed by atoms with Crippen molar-refractivity contribution in [1.29, 1.82) is 0 Å². The number of fused-ring (bicyclic) bond motifs is 1. The molecule has 4 rings (SSSR count). The van der Waals surface area contributed by atoms with Crippen molar-refractivity contribution in [3.8, 4) is 0 Å². The van der Waals surface area contributed by atoms with Gasteiger partial charge >= 0.3 is 6.18 Å². The molecular formula is C26H31BrF4N4O3Si. The van der Waals surface area contributed by atoms with Crippen LogP contribution in [-0.2, 0) is 24.2 Å². The molecule has 0 radical (unpaired) electrons. The fraction of sp³-hybridized carbons (Fsp3) is 0.500. The number of benzene rings is 1. The molecule has 1 aromatic carbocycles. The van der Waals surface area contributed by atoms with Gasteiger partial charge in [0.1, 0.15) is 18.1 Å². The van der Waals surface area contributed by atoms with Gasteiger partial charge in [0.15, 0.2) is 0 Å². The quantitative estimate of drug-likeness (QED) is 0.171. The molecule has 0 bridgehead atoms. The zero-order valence-electron chi connectivity index (χ0n) is 22.1. The van der Waals surface area contributed by atoms with Crippen molar-refractivity contribution in [3.63, 3.8) is 0 Å². The Bertz CT molecular complexity index is 1490. The number of nitrogens with one attached hydrogen (secondary N) is 1. The summed E-state index contributed by atoms with van der Waals surface area (Å²) in [7, 11) is -1.39. The first-order valence-corrected chi connectivity index (χ1v) is 17.2. The van der Waals surface area contributed by atoms with Gasteiger partial charge in [0.2, 0.25) is 0 Å². The minimum absolute atomic E-state index is 0.0253. The summed E-state index contributed by atoms with van der Waals surface area (Å²) in [6, 6.07) is 4.87. The monoisotopic (exact) mass is 630 g/mol. The Morgan fingerprint density at radius 1 is 1.23 bits per heavy atom. The van der Waals surface area contributed by atoms with Gasteiger partial charge in [0, 0.05) is 33.5 Å². The van der Waals surface area contributed by atoms with Crippen molar-refractivity contribution < 1.29 is 22.3 Å². The number of ether oxygens (including phenoxy) is 1. The summed E-state index contributed by atoms with van der Waals surface area (Å²) in [5.74, 6) is -0.526. The van der Waals surface area contributed by atoms with Gasteiger partial charge in [0.25, 0.3) is 11.1 Å². The van der Waals surface area contributed by atoms with Gasteiger partial charge in [0.05, 0.1) is 21.7 Å². The minimum Gasteiger partial charge on any atom is -0.380 e. The van der Waals surface area contributed by atoms with Gasteiger partial charge in [-0.2, -0.15) is 18.3 Å². The second kappa shape index (κ2) is 11.2. The molecule has 1 N–H and O–H groups in total. The van der Waals surface area contributed by atoms with Crippen molar-refractivity contribution in [3.05, 3.63) is 67.2 Å². The molecule has 7 nitrogen and oxygen atoms in total. The van der Waals surface area contributed by atoms with E-state index in [0.717, 1.165) is 12.2 Å². The third-order valence-corrected chi connectivity index (χ3v) is 9.30. The molecule has 2 aromatic heterocycles. The lowest BCUT2D eigenvalue weighted by Gasteiger charge is -2.20. The number of hydrogen-bond acceptors (Lipinski definition) is 5. The highest BCUT2D eigenvalue weighted by molar-refractivity contribution is 9.10. The third-order valence-electron chi connectivity index (χ3n) is 6.99. The zero-order chi connectivity index (χ0) is 28.7. The van der Waals surface area contributed by atoms with Gasteiger partial charge in [-0.3, -0.25) is 9.59 Å². The Morgan fingerprint density at radius 2 is 1.95 bits per heavy atom. The Hall–Kier alpha value is -2.51. The van der Waals surface area contributed by atoms with E-state index in [0.29, 0.717) is 29.6 Å². The smallest absolute Gasteiger partial charge is 0.380 e. The molecule has 3 atom stereocenters. The van der Waals surface area contributed by atoms with E-state index in [4.69, 9.17) is 4.74 Å². The molecular weight excluding hydrogens is 600 g/mol. The van der Waals surface area contributed by atoms with Crippen LogP contribution in [0.1, 0.15) is 18.9 Å². The van der Waals surface area contributed by atoms with Gasteiger partial charge in [-0.1, -0.05) is 19.6 Å². The summed E-state index contributed by atoms with van der Waals surface area (Å²) in [6.07, 6.45) is -1.54. The first kappa shape index (κ1) is 29.5. The lowest BCUT2D eigenvalue weighted by Crippen LogP contribution is -2.34. The average molecular weight is 632 g/mol. The number of hydrogen-bond donors (Lipinski definition) is 1. The lowest BCUT2D eigenvalue weighted by molar-refractivity contribution is -0.138. The topological polar surface area (TPSA) is 78.2 Å². The van der Waals surface area contributed by atoms with E-state index in [9.17, 15) is 27.2 Å². The summed E-state index contributed by atoms with van der Waals surface area (Å²) >= 11 is 3.12. The predicted molar refractivity (Wildman–Crippen MR) is 148 cm³/mol. The summed E-state index contributed by atoms with van der Waals surface area (Å²) in [5, 5.41) is 7.61. The van der Waals surface area contributed by atoms with Crippen LogP contribution in [0, 0.1) is 17.7 Å². The van der Waals surface area contributed by atoms with Crippen molar-refractivity contribution in [2.75, 3.05) is 11.9 Å². The number of halogens is 5. The molecule has 1 fully saturated rings. The van der Waals surface area contributed by atoms with Crippen molar-refractivity contribution in [1.82, 2.24) is 14.3 Å². The standard InChI is InChI=1S/C26H31BrF4N4O3Si/c1-15(18-9-17(18)13-34-6-5-16-10-20(27)21(28)11-19(16)24(34)36)33-22-12-32-35(14-38-7-8-39(2,3)4)25(37)23(22)26(29,30)31/h5-6,10-12,15,17-18,33H,7-9,13-14H2,1-4H3/t15-,17-,18-/m0/s1. The normalized spacial score (nSPS) is 18.4. The molecule has 0 unspecified atom stereocenters. The van der Waals surface area contributed by atoms with Gasteiger partial charge < -0.3 is 14.6 Å². The SMILES string of the molecule is C[C@H](Nc1cnn(COCC[Si](C)(C)C)c(=O)c1C(F)(F)F)[C@@H]1C[C@H]1Cn1ccc2cc(Br)c(F)cc2c1=O. The molecule has 0 spiro atoms. The van der Waals surface area contributed by atoms with E-state index in [-0.39, 0.29) is 39.7 Å². The number of nitrogens with zero attached hydrogens (tertiary/aromatic N) is 3. The lowest BCUT2D eigenvalue weighted by atomic mass is 10.1. The van der Waals surface area contributed by atoms with E-state index in [1.165, 1.54) is 10.6 Å². The van der Waals surface area contributed by atoms with Gasteiger partial charge in [-0.15, -0.1) is 0 Å². The van der Waals surface area contributed by atoms with Gasteiger partial charge in [-0.05, 0) is 70.7 Å². The Balaban J connectivity index is 1.45. The van der Waals surface area contributed by atoms with Crippen LogP contribution in [0.4, 0.5) is 23.2 Å². The van der Waals surface area contributed by atoms with Gasteiger partial charge in [-0.25, -0.2) is 9.07 Å². The van der Waals surface area contributed by atoms with Crippen LogP contribution in [0.15, 0.2) is 44.7 Å². The van der Waals surface area contributed by atoms with Crippen LogP contribution in [-0.4, -0.2) is 35.1 Å². The average Bonchev–Trinajstić information content (AvgIpc) is 3.59. The van der Waals surface area contributed by atoms with E-state index < -0.39 is 37.2 Å². The molecule has 1 saturated carbocycles. The maximum Gasteiger partial charge on any atom is 0.423 e. The molecule has 13 heteroatoms. The molecule has 212 valence electrons. The minimum atomic E-state index is -4.88. The molecule has 2 heterocycles. The van der Waals surface area contributed by atoms with Crippen LogP contribution in [0.25, 0.3) is 10.8 Å². The molecule has 0 aliphatic heterocycles. The third kappa shape index (κ3) is 6.98. The van der Waals surface area contributed by atoms with Crippen LogP contribution in [0.2, 0.25) is 25.7 Å². The van der Waals surface area contributed by atoms with E-state index in [1.807, 2.05) is 0 Å².